The van der Waals surface area contributed by atoms with E-state index in [1.54, 1.807) is 0 Å². The Morgan fingerprint density at radius 2 is 1.74 bits per heavy atom. The van der Waals surface area contributed by atoms with E-state index in [0.717, 1.165) is 55.8 Å². The molecular weight excluding hydrogens is 440 g/mol. The normalized spacial score (nSPS) is 21.8. The highest BCUT2D eigenvalue weighted by Crippen LogP contribution is 2.35. The Hall–Kier alpha value is -2.90. The molecule has 7 heteroatoms. The average molecular weight is 477 g/mol. The van der Waals surface area contributed by atoms with Gasteiger partial charge in [0.1, 0.15) is 0 Å². The van der Waals surface area contributed by atoms with Gasteiger partial charge in [-0.15, -0.1) is 0 Å². The van der Waals surface area contributed by atoms with Gasteiger partial charge < -0.3 is 24.8 Å². The van der Waals surface area contributed by atoms with Gasteiger partial charge in [-0.05, 0) is 81.7 Å². The maximum absolute atomic E-state index is 12.7. The lowest BCUT2D eigenvalue weighted by molar-refractivity contribution is -0.131. The van der Waals surface area contributed by atoms with Gasteiger partial charge in [-0.2, -0.15) is 0 Å². The molecule has 186 valence electrons. The van der Waals surface area contributed by atoms with Gasteiger partial charge >= 0.3 is 0 Å². The highest BCUT2D eigenvalue weighted by molar-refractivity contribution is 6.04. The lowest BCUT2D eigenvalue weighted by atomic mass is 9.96. The molecule has 1 aliphatic carbocycles. The summed E-state index contributed by atoms with van der Waals surface area (Å²) in [6.07, 6.45) is 5.10. The number of carbonyl (C=O) groups excluding carboxylic acids is 2. The summed E-state index contributed by atoms with van der Waals surface area (Å²) < 4.78 is 5.85. The summed E-state index contributed by atoms with van der Waals surface area (Å²) in [5.41, 5.74) is 3.65. The van der Waals surface area contributed by atoms with Crippen LogP contribution in [0, 0.1) is 5.92 Å². The Labute approximate surface area is 208 Å². The molecule has 2 aliphatic heterocycles. The highest BCUT2D eigenvalue weighted by Gasteiger charge is 2.42. The van der Waals surface area contributed by atoms with Gasteiger partial charge in [0, 0.05) is 42.5 Å². The van der Waals surface area contributed by atoms with E-state index < -0.39 is 0 Å². The van der Waals surface area contributed by atoms with Crippen LogP contribution in [-0.4, -0.2) is 74.0 Å². The molecular formula is C28H36N4O3. The van der Waals surface area contributed by atoms with Crippen molar-refractivity contribution >= 4 is 23.2 Å². The first-order valence-electron chi connectivity index (χ1n) is 12.8. The molecule has 2 aromatic carbocycles. The minimum atomic E-state index is -0.115. The van der Waals surface area contributed by atoms with Crippen LogP contribution >= 0.6 is 0 Å². The fourth-order valence-corrected chi connectivity index (χ4v) is 5.30. The molecule has 1 saturated carbocycles. The number of fused-ring (bicyclic) bond motifs is 1. The number of hydrogen-bond acceptors (Lipinski definition) is 5. The Morgan fingerprint density at radius 1 is 1.00 bits per heavy atom. The summed E-state index contributed by atoms with van der Waals surface area (Å²) >= 11 is 0. The molecule has 0 spiro atoms. The Balaban J connectivity index is 1.15. The summed E-state index contributed by atoms with van der Waals surface area (Å²) in [4.78, 5) is 31.6. The molecule has 2 atom stereocenters. The van der Waals surface area contributed by atoms with E-state index in [9.17, 15) is 9.59 Å². The second kappa shape index (κ2) is 10.4. The number of rotatable bonds is 8. The van der Waals surface area contributed by atoms with Crippen LogP contribution in [0.2, 0.25) is 0 Å². The lowest BCUT2D eigenvalue weighted by Gasteiger charge is -2.27. The molecule has 2 amide bonds. The van der Waals surface area contributed by atoms with Crippen molar-refractivity contribution in [3.8, 4) is 0 Å². The van der Waals surface area contributed by atoms with Crippen LogP contribution in [0.4, 0.5) is 11.4 Å². The van der Waals surface area contributed by atoms with E-state index in [1.807, 2.05) is 60.3 Å². The molecule has 3 aliphatic rings. The molecule has 0 radical (unpaired) electrons. The Morgan fingerprint density at radius 3 is 2.40 bits per heavy atom. The second-order valence-electron chi connectivity index (χ2n) is 10.4. The number of hydrogen-bond donors (Lipinski definition) is 1. The van der Waals surface area contributed by atoms with Crippen molar-refractivity contribution in [3.05, 3.63) is 59.7 Å². The van der Waals surface area contributed by atoms with Crippen LogP contribution in [-0.2, 0) is 16.1 Å². The number of amides is 2. The van der Waals surface area contributed by atoms with Crippen LogP contribution in [0.1, 0.15) is 41.6 Å². The van der Waals surface area contributed by atoms with Crippen LogP contribution < -0.4 is 10.2 Å². The number of nitrogens with zero attached hydrogens (tertiary/aromatic N) is 3. The van der Waals surface area contributed by atoms with Gasteiger partial charge in [0.05, 0.1) is 25.3 Å². The van der Waals surface area contributed by atoms with Gasteiger partial charge in [0.25, 0.3) is 5.91 Å². The number of benzene rings is 2. The van der Waals surface area contributed by atoms with Crippen LogP contribution in [0.5, 0.6) is 0 Å². The van der Waals surface area contributed by atoms with Crippen molar-refractivity contribution in [1.29, 1.82) is 0 Å². The molecule has 2 heterocycles. The SMILES string of the molecule is CN(C)CC(=O)N1C[C@H]2CCN(c3ccc(NC(=O)c4ccc(COC5CCC5)cc4)cc3)[C@H]2C1. The van der Waals surface area contributed by atoms with Gasteiger partial charge in [-0.25, -0.2) is 0 Å². The summed E-state index contributed by atoms with van der Waals surface area (Å²) in [6, 6.07) is 16.1. The van der Waals surface area contributed by atoms with Crippen molar-refractivity contribution in [2.75, 3.05) is 50.5 Å². The highest BCUT2D eigenvalue weighted by atomic mass is 16.5. The van der Waals surface area contributed by atoms with E-state index in [2.05, 4.69) is 22.3 Å². The summed E-state index contributed by atoms with van der Waals surface area (Å²) in [5, 5.41) is 3.00. The fourth-order valence-electron chi connectivity index (χ4n) is 5.30. The molecule has 2 saturated heterocycles. The molecule has 35 heavy (non-hydrogen) atoms. The van der Waals surface area contributed by atoms with Gasteiger partial charge in [0.2, 0.25) is 5.91 Å². The van der Waals surface area contributed by atoms with Crippen molar-refractivity contribution < 1.29 is 14.3 Å². The standard InChI is InChI=1S/C28H36N4O3/c1-30(2)18-27(33)31-16-22-14-15-32(26(22)17-31)24-12-10-23(11-13-24)29-28(34)21-8-6-20(7-9-21)19-35-25-4-3-5-25/h6-13,22,25-26H,3-5,14-19H2,1-2H3,(H,29,34)/t22-,26+/m1/s1. The van der Waals surface area contributed by atoms with Crippen molar-refractivity contribution in [2.24, 2.45) is 5.92 Å². The second-order valence-corrected chi connectivity index (χ2v) is 10.4. The van der Waals surface area contributed by atoms with Crippen LogP contribution in [0.15, 0.2) is 48.5 Å². The maximum Gasteiger partial charge on any atom is 0.255 e. The molecule has 0 aromatic heterocycles. The van der Waals surface area contributed by atoms with Crippen molar-refractivity contribution in [2.45, 2.75) is 44.4 Å². The minimum Gasteiger partial charge on any atom is -0.374 e. The number of anilines is 2. The molecule has 3 fully saturated rings. The van der Waals surface area contributed by atoms with E-state index >= 15 is 0 Å². The lowest BCUT2D eigenvalue weighted by Crippen LogP contribution is -2.40. The monoisotopic (exact) mass is 476 g/mol. The maximum atomic E-state index is 12.7. The first-order chi connectivity index (χ1) is 17.0. The van der Waals surface area contributed by atoms with E-state index in [1.165, 1.54) is 6.42 Å². The molecule has 1 N–H and O–H groups in total. The molecule has 0 unspecified atom stereocenters. The van der Waals surface area contributed by atoms with Crippen LogP contribution in [0.25, 0.3) is 0 Å². The largest absolute Gasteiger partial charge is 0.374 e. The Kier molecular flexibility index (Phi) is 7.07. The quantitative estimate of drug-likeness (QED) is 0.631. The van der Waals surface area contributed by atoms with Crippen molar-refractivity contribution in [3.63, 3.8) is 0 Å². The van der Waals surface area contributed by atoms with E-state index in [4.69, 9.17) is 4.74 Å². The molecule has 0 bridgehead atoms. The van der Waals surface area contributed by atoms with Crippen LogP contribution in [0.3, 0.4) is 0 Å². The van der Waals surface area contributed by atoms with Gasteiger partial charge in [-0.1, -0.05) is 12.1 Å². The molecule has 7 nitrogen and oxygen atoms in total. The first-order valence-corrected chi connectivity index (χ1v) is 12.8. The summed E-state index contributed by atoms with van der Waals surface area (Å²) in [7, 11) is 3.87. The molecule has 2 aromatic rings. The zero-order valence-corrected chi connectivity index (χ0v) is 20.8. The average Bonchev–Trinajstić information content (AvgIpc) is 3.40. The number of carbonyl (C=O) groups is 2. The predicted molar refractivity (Wildman–Crippen MR) is 138 cm³/mol. The topological polar surface area (TPSA) is 65.1 Å². The first kappa shape index (κ1) is 23.8. The number of nitrogens with one attached hydrogen (secondary N) is 1. The minimum absolute atomic E-state index is 0.115. The number of likely N-dealkylation sites (N-methyl/N-ethyl adjacent to an activating group) is 1. The van der Waals surface area contributed by atoms with E-state index in [0.29, 0.717) is 36.8 Å². The third-order valence-corrected chi connectivity index (χ3v) is 7.56. The summed E-state index contributed by atoms with van der Waals surface area (Å²) in [5.74, 6) is 0.625. The molecule has 5 rings (SSSR count). The zero-order valence-electron chi connectivity index (χ0n) is 20.8. The third-order valence-electron chi connectivity index (χ3n) is 7.56. The number of ether oxygens (including phenoxy) is 1. The zero-order chi connectivity index (χ0) is 24.4. The van der Waals surface area contributed by atoms with E-state index in [-0.39, 0.29) is 11.8 Å². The van der Waals surface area contributed by atoms with Gasteiger partial charge in [0.15, 0.2) is 0 Å². The fraction of sp³-hybridized carbons (Fsp3) is 0.500. The Bertz CT molecular complexity index is 1030. The smallest absolute Gasteiger partial charge is 0.255 e. The summed E-state index contributed by atoms with van der Waals surface area (Å²) in [6.45, 7) is 3.72. The van der Waals surface area contributed by atoms with Gasteiger partial charge in [-0.3, -0.25) is 9.59 Å². The number of likely N-dealkylation sites (tertiary alicyclic amines) is 1. The predicted octanol–water partition coefficient (Wildman–Crippen LogP) is 3.61. The third kappa shape index (κ3) is 5.52. The van der Waals surface area contributed by atoms with Crippen molar-refractivity contribution in [1.82, 2.24) is 9.80 Å².